The minimum atomic E-state index is 0.266. The number of hydrogen-bond acceptors (Lipinski definition) is 3. The van der Waals surface area contributed by atoms with E-state index in [2.05, 4.69) is 5.32 Å². The van der Waals surface area contributed by atoms with Gasteiger partial charge in [-0.25, -0.2) is 0 Å². The summed E-state index contributed by atoms with van der Waals surface area (Å²) in [5, 5.41) is 12.1. The number of aliphatic hydroxyl groups is 1. The van der Waals surface area contributed by atoms with Gasteiger partial charge in [-0.1, -0.05) is 0 Å². The minimum absolute atomic E-state index is 0.266. The number of aliphatic hydroxyl groups excluding tert-OH is 1. The molecule has 3 unspecified atom stereocenters. The summed E-state index contributed by atoms with van der Waals surface area (Å²) < 4.78 is 5.33. The molecule has 0 radical (unpaired) electrons. The zero-order valence-corrected chi connectivity index (χ0v) is 5.21. The molecule has 9 heavy (non-hydrogen) atoms. The molecule has 2 rings (SSSR count). The molecule has 0 aromatic heterocycles. The van der Waals surface area contributed by atoms with Crippen LogP contribution in [0.3, 0.4) is 0 Å². The minimum Gasteiger partial charge on any atom is -0.396 e. The highest BCUT2D eigenvalue weighted by Crippen LogP contribution is 2.25. The first-order valence-corrected chi connectivity index (χ1v) is 3.37. The second-order valence-corrected chi connectivity index (χ2v) is 2.73. The molecule has 2 aliphatic heterocycles. The number of fused-ring (bicyclic) bond motifs is 2. The lowest BCUT2D eigenvalue weighted by atomic mass is 10.0. The van der Waals surface area contributed by atoms with Gasteiger partial charge >= 0.3 is 0 Å². The van der Waals surface area contributed by atoms with Crippen LogP contribution in [0.2, 0.25) is 0 Å². The molecule has 0 spiro atoms. The molecule has 2 fully saturated rings. The van der Waals surface area contributed by atoms with E-state index in [0.29, 0.717) is 18.1 Å². The normalized spacial score (nSPS) is 48.3. The molecular weight excluding hydrogens is 118 g/mol. The molecule has 2 aliphatic rings. The molecule has 0 aromatic rings. The van der Waals surface area contributed by atoms with Crippen molar-refractivity contribution >= 4 is 0 Å². The van der Waals surface area contributed by atoms with Crippen LogP contribution in [0, 0.1) is 5.92 Å². The second kappa shape index (κ2) is 1.94. The summed E-state index contributed by atoms with van der Waals surface area (Å²) in [6.45, 7) is 1.98. The maximum atomic E-state index is 8.83. The molecule has 0 aromatic carbocycles. The summed E-state index contributed by atoms with van der Waals surface area (Å²) in [5.41, 5.74) is 0. The molecule has 3 heteroatoms. The Hall–Kier alpha value is -0.120. The summed E-state index contributed by atoms with van der Waals surface area (Å²) in [6, 6.07) is 0.431. The zero-order valence-electron chi connectivity index (χ0n) is 5.21. The van der Waals surface area contributed by atoms with Crippen LogP contribution in [-0.4, -0.2) is 37.0 Å². The third kappa shape index (κ3) is 0.689. The van der Waals surface area contributed by atoms with Crippen molar-refractivity contribution in [3.8, 4) is 0 Å². The smallest absolute Gasteiger partial charge is 0.0766 e. The Morgan fingerprint density at radius 1 is 1.67 bits per heavy atom. The monoisotopic (exact) mass is 129 g/mol. The molecule has 2 saturated heterocycles. The lowest BCUT2D eigenvalue weighted by Crippen LogP contribution is -2.31. The standard InChI is InChI=1S/C6H11NO2/c8-2-4-5-3-9-6(4)1-7-5/h4-8H,1-3H2. The third-order valence-electron chi connectivity index (χ3n) is 2.28. The topological polar surface area (TPSA) is 41.5 Å². The summed E-state index contributed by atoms with van der Waals surface area (Å²) in [4.78, 5) is 0. The fourth-order valence-electron chi connectivity index (χ4n) is 1.67. The largest absolute Gasteiger partial charge is 0.396 e. The maximum absolute atomic E-state index is 8.83. The van der Waals surface area contributed by atoms with Crippen molar-refractivity contribution < 1.29 is 9.84 Å². The Labute approximate surface area is 54.0 Å². The van der Waals surface area contributed by atoms with Crippen LogP contribution in [0.15, 0.2) is 0 Å². The molecule has 0 saturated carbocycles. The quantitative estimate of drug-likeness (QED) is 0.475. The van der Waals surface area contributed by atoms with Gasteiger partial charge in [-0.15, -0.1) is 0 Å². The van der Waals surface area contributed by atoms with Crippen molar-refractivity contribution in [2.75, 3.05) is 19.8 Å². The Balaban J connectivity index is 2.08. The molecule has 52 valence electrons. The van der Waals surface area contributed by atoms with Crippen molar-refractivity contribution in [3.05, 3.63) is 0 Å². The Kier molecular flexibility index (Phi) is 1.22. The van der Waals surface area contributed by atoms with Gasteiger partial charge in [0.25, 0.3) is 0 Å². The van der Waals surface area contributed by atoms with E-state index in [4.69, 9.17) is 9.84 Å². The van der Waals surface area contributed by atoms with Crippen LogP contribution >= 0.6 is 0 Å². The Morgan fingerprint density at radius 2 is 2.56 bits per heavy atom. The summed E-state index contributed by atoms with van der Waals surface area (Å²) >= 11 is 0. The fourth-order valence-corrected chi connectivity index (χ4v) is 1.67. The van der Waals surface area contributed by atoms with Gasteiger partial charge in [-0.2, -0.15) is 0 Å². The average Bonchev–Trinajstić information content (AvgIpc) is 2.44. The Morgan fingerprint density at radius 3 is 2.78 bits per heavy atom. The molecule has 2 N–H and O–H groups in total. The summed E-state index contributed by atoms with van der Waals surface area (Å²) in [6.07, 6.45) is 0.292. The van der Waals surface area contributed by atoms with Crippen molar-refractivity contribution in [2.24, 2.45) is 5.92 Å². The lowest BCUT2D eigenvalue weighted by molar-refractivity contribution is 0.0706. The van der Waals surface area contributed by atoms with Crippen LogP contribution < -0.4 is 5.32 Å². The number of hydrogen-bond donors (Lipinski definition) is 2. The van der Waals surface area contributed by atoms with Gasteiger partial charge in [0.1, 0.15) is 0 Å². The van der Waals surface area contributed by atoms with Crippen molar-refractivity contribution in [1.82, 2.24) is 5.32 Å². The van der Waals surface area contributed by atoms with E-state index in [1.807, 2.05) is 0 Å². The van der Waals surface area contributed by atoms with E-state index in [9.17, 15) is 0 Å². The van der Waals surface area contributed by atoms with Crippen LogP contribution in [-0.2, 0) is 4.74 Å². The first-order chi connectivity index (χ1) is 4.42. The number of morpholine rings is 1. The van der Waals surface area contributed by atoms with Gasteiger partial charge in [0.15, 0.2) is 0 Å². The first kappa shape index (κ1) is 5.65. The predicted molar refractivity (Wildman–Crippen MR) is 32.1 cm³/mol. The van der Waals surface area contributed by atoms with E-state index in [1.54, 1.807) is 0 Å². The van der Waals surface area contributed by atoms with E-state index < -0.39 is 0 Å². The van der Waals surface area contributed by atoms with Crippen LogP contribution in [0.1, 0.15) is 0 Å². The second-order valence-electron chi connectivity index (χ2n) is 2.73. The number of rotatable bonds is 1. The highest BCUT2D eigenvalue weighted by molar-refractivity contribution is 4.96. The molecule has 3 nitrogen and oxygen atoms in total. The predicted octanol–water partition coefficient (Wildman–Crippen LogP) is -1.03. The zero-order chi connectivity index (χ0) is 6.27. The van der Waals surface area contributed by atoms with Crippen LogP contribution in [0.5, 0.6) is 0 Å². The lowest BCUT2D eigenvalue weighted by Gasteiger charge is -2.09. The molecule has 0 amide bonds. The van der Waals surface area contributed by atoms with Gasteiger partial charge in [0.05, 0.1) is 12.7 Å². The molecular formula is C6H11NO2. The van der Waals surface area contributed by atoms with E-state index >= 15 is 0 Å². The van der Waals surface area contributed by atoms with E-state index in [1.165, 1.54) is 0 Å². The summed E-state index contributed by atoms with van der Waals surface area (Å²) in [5.74, 6) is 0.366. The van der Waals surface area contributed by atoms with Crippen molar-refractivity contribution in [3.63, 3.8) is 0 Å². The number of ether oxygens (including phenoxy) is 1. The SMILES string of the molecule is OCC1C2COC1CN2. The third-order valence-corrected chi connectivity index (χ3v) is 2.28. The molecule has 3 atom stereocenters. The highest BCUT2D eigenvalue weighted by Gasteiger charge is 2.41. The average molecular weight is 129 g/mol. The molecule has 2 bridgehead atoms. The molecule has 0 aliphatic carbocycles. The van der Waals surface area contributed by atoms with Crippen molar-refractivity contribution in [1.29, 1.82) is 0 Å². The fraction of sp³-hybridized carbons (Fsp3) is 1.00. The summed E-state index contributed by atoms with van der Waals surface area (Å²) in [7, 11) is 0. The van der Waals surface area contributed by atoms with Crippen molar-refractivity contribution in [2.45, 2.75) is 12.1 Å². The maximum Gasteiger partial charge on any atom is 0.0766 e. The van der Waals surface area contributed by atoms with Crippen LogP contribution in [0.4, 0.5) is 0 Å². The van der Waals surface area contributed by atoms with Gasteiger partial charge in [-0.05, 0) is 0 Å². The van der Waals surface area contributed by atoms with Gasteiger partial charge in [-0.3, -0.25) is 0 Å². The van der Waals surface area contributed by atoms with Gasteiger partial charge in [0.2, 0.25) is 0 Å². The number of nitrogens with one attached hydrogen (secondary N) is 1. The van der Waals surface area contributed by atoms with Crippen LogP contribution in [0.25, 0.3) is 0 Å². The first-order valence-electron chi connectivity index (χ1n) is 3.37. The van der Waals surface area contributed by atoms with E-state index in [-0.39, 0.29) is 6.61 Å². The Bertz CT molecular complexity index is 97.6. The van der Waals surface area contributed by atoms with Gasteiger partial charge in [0, 0.05) is 25.1 Å². The molecule has 2 heterocycles. The highest BCUT2D eigenvalue weighted by atomic mass is 16.5. The van der Waals surface area contributed by atoms with E-state index in [0.717, 1.165) is 13.2 Å². The van der Waals surface area contributed by atoms with Gasteiger partial charge < -0.3 is 15.2 Å².